The molecule has 1 N–H and O–H groups in total. The molecule has 0 fully saturated rings. The molecule has 4 rings (SSSR count). The van der Waals surface area contributed by atoms with Gasteiger partial charge in [0.05, 0.1) is 23.3 Å². The molecule has 0 saturated heterocycles. The Morgan fingerprint density at radius 2 is 1.48 bits per heavy atom. The van der Waals surface area contributed by atoms with Gasteiger partial charge in [0, 0.05) is 13.5 Å². The summed E-state index contributed by atoms with van der Waals surface area (Å²) in [7, 11) is 0. The summed E-state index contributed by atoms with van der Waals surface area (Å²) in [5.41, 5.74) is 4.81. The number of rotatable bonds is 6. The lowest BCUT2D eigenvalue weighted by Crippen LogP contribution is -2.26. The molecule has 3 aromatic rings. The van der Waals surface area contributed by atoms with E-state index in [1.165, 1.54) is 0 Å². The number of nitrogens with one attached hydrogen (secondary N) is 1. The topological polar surface area (TPSA) is 44.7 Å². The van der Waals surface area contributed by atoms with Crippen molar-refractivity contribution in [2.24, 2.45) is 5.10 Å². The number of carbonyl (C=O) groups is 1. The van der Waals surface area contributed by atoms with Crippen LogP contribution in [0.5, 0.6) is 0 Å². The summed E-state index contributed by atoms with van der Waals surface area (Å²) in [5, 5.41) is 10.3. The van der Waals surface area contributed by atoms with E-state index in [1.807, 2.05) is 53.5 Å². The highest BCUT2D eigenvalue weighted by atomic mass is 16.1. The standard InChI is InChI=1S/C25H25N3O/c1-3-26-21-16-10-11-17-22(21)28-25(20-14-8-5-9-15-20)23(24(27-28)18(2)29)19-12-6-4-7-13-19/h4-17,23,25-26H,3H2,1-2H3. The number of Topliss-reactive ketones (excluding diaryl/α,β-unsaturated/α-hetero) is 1. The molecule has 29 heavy (non-hydrogen) atoms. The molecular formula is C25H25N3O. The molecule has 1 aliphatic rings. The highest BCUT2D eigenvalue weighted by Gasteiger charge is 2.42. The summed E-state index contributed by atoms with van der Waals surface area (Å²) in [5.74, 6) is -0.131. The monoisotopic (exact) mass is 383 g/mol. The predicted octanol–water partition coefficient (Wildman–Crippen LogP) is 5.41. The molecule has 2 atom stereocenters. The van der Waals surface area contributed by atoms with Gasteiger partial charge in [-0.05, 0) is 30.2 Å². The minimum Gasteiger partial charge on any atom is -0.384 e. The van der Waals surface area contributed by atoms with E-state index in [0.717, 1.165) is 29.0 Å². The van der Waals surface area contributed by atoms with Gasteiger partial charge >= 0.3 is 0 Å². The van der Waals surface area contributed by atoms with E-state index in [1.54, 1.807) is 6.92 Å². The average Bonchev–Trinajstić information content (AvgIpc) is 3.16. The maximum Gasteiger partial charge on any atom is 0.176 e. The van der Waals surface area contributed by atoms with Crippen LogP contribution in [0.2, 0.25) is 0 Å². The average molecular weight is 383 g/mol. The first-order valence-electron chi connectivity index (χ1n) is 10.0. The molecule has 0 aromatic heterocycles. The Balaban J connectivity index is 1.91. The van der Waals surface area contributed by atoms with E-state index in [2.05, 4.69) is 48.6 Å². The molecule has 1 aliphatic heterocycles. The number of nitrogens with zero attached hydrogens (tertiary/aromatic N) is 2. The van der Waals surface area contributed by atoms with Gasteiger partial charge in [-0.25, -0.2) is 0 Å². The first-order chi connectivity index (χ1) is 14.2. The second kappa shape index (κ2) is 8.31. The van der Waals surface area contributed by atoms with Crippen LogP contribution in [0, 0.1) is 0 Å². The zero-order valence-electron chi connectivity index (χ0n) is 16.7. The minimum absolute atomic E-state index is 0.00298. The molecule has 0 amide bonds. The Morgan fingerprint density at radius 3 is 2.10 bits per heavy atom. The highest BCUT2D eigenvalue weighted by molar-refractivity contribution is 6.42. The molecule has 0 bridgehead atoms. The molecular weight excluding hydrogens is 358 g/mol. The van der Waals surface area contributed by atoms with Gasteiger partial charge in [-0.3, -0.25) is 9.80 Å². The second-order valence-electron chi connectivity index (χ2n) is 7.18. The largest absolute Gasteiger partial charge is 0.384 e. The zero-order chi connectivity index (χ0) is 20.2. The number of ketones is 1. The van der Waals surface area contributed by atoms with E-state index in [0.29, 0.717) is 5.71 Å². The number of anilines is 2. The number of para-hydroxylation sites is 2. The number of hydrazone groups is 1. The van der Waals surface area contributed by atoms with E-state index in [9.17, 15) is 4.79 Å². The summed E-state index contributed by atoms with van der Waals surface area (Å²) in [6.07, 6.45) is 0. The fraction of sp³-hybridized carbons (Fsp3) is 0.200. The smallest absolute Gasteiger partial charge is 0.176 e. The summed E-state index contributed by atoms with van der Waals surface area (Å²) in [4.78, 5) is 12.6. The van der Waals surface area contributed by atoms with E-state index in [-0.39, 0.29) is 17.7 Å². The summed E-state index contributed by atoms with van der Waals surface area (Å²) in [6, 6.07) is 28.6. The van der Waals surface area contributed by atoms with Crippen LogP contribution < -0.4 is 10.3 Å². The third kappa shape index (κ3) is 3.66. The molecule has 146 valence electrons. The van der Waals surface area contributed by atoms with Crippen LogP contribution in [0.15, 0.2) is 90.0 Å². The van der Waals surface area contributed by atoms with E-state index >= 15 is 0 Å². The number of carbonyl (C=O) groups excluding carboxylic acids is 1. The lowest BCUT2D eigenvalue weighted by Gasteiger charge is -2.30. The van der Waals surface area contributed by atoms with Gasteiger partial charge < -0.3 is 5.32 Å². The number of hydrogen-bond acceptors (Lipinski definition) is 4. The van der Waals surface area contributed by atoms with Crippen LogP contribution in [-0.2, 0) is 4.79 Å². The second-order valence-corrected chi connectivity index (χ2v) is 7.18. The van der Waals surface area contributed by atoms with Crippen molar-refractivity contribution in [1.29, 1.82) is 0 Å². The quantitative estimate of drug-likeness (QED) is 0.619. The van der Waals surface area contributed by atoms with Crippen LogP contribution in [0.4, 0.5) is 11.4 Å². The molecule has 4 heteroatoms. The van der Waals surface area contributed by atoms with Crippen molar-refractivity contribution in [3.63, 3.8) is 0 Å². The molecule has 0 spiro atoms. The lowest BCUT2D eigenvalue weighted by atomic mass is 9.83. The van der Waals surface area contributed by atoms with Crippen molar-refractivity contribution < 1.29 is 4.79 Å². The van der Waals surface area contributed by atoms with Crippen molar-refractivity contribution in [3.8, 4) is 0 Å². The van der Waals surface area contributed by atoms with Crippen LogP contribution in [0.3, 0.4) is 0 Å². The Morgan fingerprint density at radius 1 is 0.897 bits per heavy atom. The third-order valence-electron chi connectivity index (χ3n) is 5.27. The summed E-state index contributed by atoms with van der Waals surface area (Å²) >= 11 is 0. The fourth-order valence-corrected chi connectivity index (χ4v) is 4.02. The van der Waals surface area contributed by atoms with Crippen LogP contribution >= 0.6 is 0 Å². The highest BCUT2D eigenvalue weighted by Crippen LogP contribution is 2.46. The molecule has 4 nitrogen and oxygen atoms in total. The minimum atomic E-state index is -0.134. The molecule has 0 aliphatic carbocycles. The van der Waals surface area contributed by atoms with Crippen molar-refractivity contribution >= 4 is 22.9 Å². The molecule has 1 heterocycles. The first-order valence-corrected chi connectivity index (χ1v) is 10.0. The van der Waals surface area contributed by atoms with Crippen LogP contribution in [0.25, 0.3) is 0 Å². The maximum atomic E-state index is 12.6. The Hall–Kier alpha value is -3.40. The van der Waals surface area contributed by atoms with Crippen molar-refractivity contribution in [2.45, 2.75) is 25.8 Å². The van der Waals surface area contributed by atoms with Crippen molar-refractivity contribution in [2.75, 3.05) is 16.9 Å². The lowest BCUT2D eigenvalue weighted by molar-refractivity contribution is -0.111. The number of benzene rings is 3. The molecule has 0 saturated carbocycles. The first kappa shape index (κ1) is 18.9. The zero-order valence-corrected chi connectivity index (χ0v) is 16.7. The number of hydrogen-bond donors (Lipinski definition) is 1. The van der Waals surface area contributed by atoms with Gasteiger partial charge in [0.1, 0.15) is 5.71 Å². The molecule has 3 aromatic carbocycles. The Kier molecular flexibility index (Phi) is 5.43. The molecule has 2 unspecified atom stereocenters. The summed E-state index contributed by atoms with van der Waals surface area (Å²) in [6.45, 7) is 4.50. The van der Waals surface area contributed by atoms with Crippen LogP contribution in [0.1, 0.15) is 36.9 Å². The Bertz CT molecular complexity index is 1010. The van der Waals surface area contributed by atoms with Crippen molar-refractivity contribution in [1.82, 2.24) is 0 Å². The maximum absolute atomic E-state index is 12.6. The van der Waals surface area contributed by atoms with Gasteiger partial charge in [-0.15, -0.1) is 0 Å². The van der Waals surface area contributed by atoms with Gasteiger partial charge in [-0.1, -0.05) is 72.8 Å². The van der Waals surface area contributed by atoms with Gasteiger partial charge in [0.25, 0.3) is 0 Å². The van der Waals surface area contributed by atoms with Gasteiger partial charge in [0.2, 0.25) is 0 Å². The third-order valence-corrected chi connectivity index (χ3v) is 5.27. The van der Waals surface area contributed by atoms with Crippen molar-refractivity contribution in [3.05, 3.63) is 96.1 Å². The van der Waals surface area contributed by atoms with Crippen LogP contribution in [-0.4, -0.2) is 18.0 Å². The van der Waals surface area contributed by atoms with Gasteiger partial charge in [-0.2, -0.15) is 5.10 Å². The summed E-state index contributed by atoms with van der Waals surface area (Å²) < 4.78 is 0. The predicted molar refractivity (Wildman–Crippen MR) is 120 cm³/mol. The van der Waals surface area contributed by atoms with E-state index < -0.39 is 0 Å². The Labute approximate surface area is 171 Å². The van der Waals surface area contributed by atoms with E-state index in [4.69, 9.17) is 5.10 Å². The SMILES string of the molecule is CCNc1ccccc1N1N=C(C(C)=O)C(c2ccccc2)C1c1ccccc1. The fourth-order valence-electron chi connectivity index (χ4n) is 4.02. The molecule has 0 radical (unpaired) electrons. The normalized spacial score (nSPS) is 18.4. The van der Waals surface area contributed by atoms with Gasteiger partial charge in [0.15, 0.2) is 5.78 Å².